The third-order valence-corrected chi connectivity index (χ3v) is 7.89. The predicted molar refractivity (Wildman–Crippen MR) is 137 cm³/mol. The fourth-order valence-corrected chi connectivity index (χ4v) is 5.90. The van der Waals surface area contributed by atoms with Crippen molar-refractivity contribution in [3.63, 3.8) is 0 Å². The summed E-state index contributed by atoms with van der Waals surface area (Å²) in [5.74, 6) is 0.281. The van der Waals surface area contributed by atoms with Gasteiger partial charge < -0.3 is 5.32 Å². The molecule has 4 aromatic rings. The van der Waals surface area contributed by atoms with Crippen LogP contribution < -0.4 is 5.32 Å². The van der Waals surface area contributed by atoms with E-state index in [1.54, 1.807) is 18.6 Å². The molecule has 0 bridgehead atoms. The van der Waals surface area contributed by atoms with Gasteiger partial charge in [-0.15, -0.1) is 0 Å². The van der Waals surface area contributed by atoms with E-state index in [0.29, 0.717) is 11.5 Å². The molecule has 3 heterocycles. The van der Waals surface area contributed by atoms with Crippen molar-refractivity contribution in [3.8, 4) is 5.69 Å². The fraction of sp³-hybridized carbons (Fsp3) is 0.276. The van der Waals surface area contributed by atoms with Crippen LogP contribution in [0.4, 0.5) is 0 Å². The van der Waals surface area contributed by atoms with Gasteiger partial charge in [0.15, 0.2) is 0 Å². The summed E-state index contributed by atoms with van der Waals surface area (Å²) in [6.07, 6.45) is 16.5. The zero-order valence-corrected chi connectivity index (χ0v) is 20.2. The number of nitrogens with zero attached hydrogens (tertiary/aromatic N) is 5. The number of hydrogen-bond acceptors (Lipinski definition) is 5. The monoisotopic (exact) mass is 476 g/mol. The molecule has 1 N–H and O–H groups in total. The van der Waals surface area contributed by atoms with Crippen LogP contribution in [-0.4, -0.2) is 30.6 Å². The summed E-state index contributed by atoms with van der Waals surface area (Å²) in [6, 6.07) is 14.1. The molecule has 2 aliphatic rings. The summed E-state index contributed by atoms with van der Waals surface area (Å²) in [5, 5.41) is 7.97. The normalized spacial score (nSPS) is 21.2. The van der Waals surface area contributed by atoms with Gasteiger partial charge in [-0.2, -0.15) is 5.10 Å². The minimum absolute atomic E-state index is 0.0312. The Morgan fingerprint density at radius 3 is 2.69 bits per heavy atom. The number of rotatable bonds is 6. The summed E-state index contributed by atoms with van der Waals surface area (Å²) in [5.41, 5.74) is 6.49. The predicted octanol–water partition coefficient (Wildman–Crippen LogP) is 4.97. The van der Waals surface area contributed by atoms with E-state index in [-0.39, 0.29) is 17.4 Å². The maximum absolute atomic E-state index is 13.0. The molecule has 1 amide bonds. The van der Waals surface area contributed by atoms with Gasteiger partial charge in [0, 0.05) is 18.6 Å². The maximum Gasteiger partial charge on any atom is 0.254 e. The van der Waals surface area contributed by atoms with Crippen LogP contribution in [-0.2, 0) is 6.42 Å². The standard InChI is InChI=1S/C29H28N6O/c1-29-14-21-17-33-35(25-8-5-11-30-18-25)27(21)13-24(29)10-9-23(29)12-26(20-6-3-2-4-7-20)34-28(36)22-15-31-19-32-16-22/h2-8,11,13,15-19,23,26H,9-10,12,14H2,1H3,(H,34,36)/t23-,26?,29-/m1/s1. The van der Waals surface area contributed by atoms with Crippen LogP contribution in [0.25, 0.3) is 11.8 Å². The van der Waals surface area contributed by atoms with Gasteiger partial charge in [0.1, 0.15) is 6.33 Å². The number of benzene rings is 1. The number of carbonyl (C=O) groups is 1. The number of aromatic nitrogens is 5. The Labute approximate surface area is 210 Å². The van der Waals surface area contributed by atoms with Crippen LogP contribution in [0.15, 0.2) is 85.3 Å². The van der Waals surface area contributed by atoms with E-state index in [1.807, 2.05) is 47.4 Å². The second-order valence-electron chi connectivity index (χ2n) is 9.98. The smallest absolute Gasteiger partial charge is 0.254 e. The fourth-order valence-electron chi connectivity index (χ4n) is 5.90. The Balaban J connectivity index is 1.28. The summed E-state index contributed by atoms with van der Waals surface area (Å²) in [4.78, 5) is 25.3. The molecule has 7 nitrogen and oxygen atoms in total. The summed E-state index contributed by atoms with van der Waals surface area (Å²) >= 11 is 0. The van der Waals surface area contributed by atoms with Crippen molar-refractivity contribution in [3.05, 3.63) is 108 Å². The topological polar surface area (TPSA) is 85.6 Å². The third-order valence-electron chi connectivity index (χ3n) is 7.89. The molecular formula is C29H28N6O. The molecule has 36 heavy (non-hydrogen) atoms. The van der Waals surface area contributed by atoms with E-state index in [0.717, 1.165) is 42.6 Å². The van der Waals surface area contributed by atoms with E-state index in [2.05, 4.69) is 45.4 Å². The van der Waals surface area contributed by atoms with Crippen molar-refractivity contribution in [2.24, 2.45) is 11.3 Å². The van der Waals surface area contributed by atoms with Gasteiger partial charge in [-0.25, -0.2) is 14.6 Å². The molecule has 1 unspecified atom stereocenters. The molecule has 1 aromatic carbocycles. The molecule has 0 saturated heterocycles. The molecule has 3 aromatic heterocycles. The number of fused-ring (bicyclic) bond motifs is 2. The first-order valence-electron chi connectivity index (χ1n) is 12.4. The van der Waals surface area contributed by atoms with Gasteiger partial charge in [-0.3, -0.25) is 9.78 Å². The number of pyridine rings is 1. The van der Waals surface area contributed by atoms with E-state index in [4.69, 9.17) is 5.10 Å². The third kappa shape index (κ3) is 4.00. The Kier molecular flexibility index (Phi) is 5.68. The van der Waals surface area contributed by atoms with Crippen LogP contribution in [0, 0.1) is 11.3 Å². The highest BCUT2D eigenvalue weighted by atomic mass is 16.1. The molecule has 2 aliphatic carbocycles. The Bertz CT molecular complexity index is 1400. The lowest BCUT2D eigenvalue weighted by atomic mass is 9.68. The van der Waals surface area contributed by atoms with E-state index < -0.39 is 0 Å². The van der Waals surface area contributed by atoms with Gasteiger partial charge in [0.25, 0.3) is 5.91 Å². The lowest BCUT2D eigenvalue weighted by Crippen LogP contribution is -2.35. The highest BCUT2D eigenvalue weighted by Crippen LogP contribution is 2.55. The lowest BCUT2D eigenvalue weighted by Gasteiger charge is -2.37. The van der Waals surface area contributed by atoms with Crippen LogP contribution >= 0.6 is 0 Å². The Hall–Kier alpha value is -4.13. The molecule has 3 atom stereocenters. The van der Waals surface area contributed by atoms with Gasteiger partial charge in [-0.05, 0) is 66.4 Å². The van der Waals surface area contributed by atoms with E-state index in [9.17, 15) is 4.79 Å². The SMILES string of the molecule is C[C@]12Cc3cnn(-c4cccnc4)c3C=C1CC[C@@H]2CC(NC(=O)c1cncnc1)c1ccccc1. The summed E-state index contributed by atoms with van der Waals surface area (Å²) < 4.78 is 2.00. The van der Waals surface area contributed by atoms with Crippen molar-refractivity contribution in [2.45, 2.75) is 38.6 Å². The number of nitrogens with one attached hydrogen (secondary N) is 1. The first-order chi connectivity index (χ1) is 17.6. The minimum atomic E-state index is -0.146. The first kappa shape index (κ1) is 22.3. The van der Waals surface area contributed by atoms with Crippen LogP contribution in [0.5, 0.6) is 0 Å². The Morgan fingerprint density at radius 2 is 1.92 bits per heavy atom. The molecule has 6 rings (SSSR count). The number of amides is 1. The van der Waals surface area contributed by atoms with Crippen molar-refractivity contribution >= 4 is 12.0 Å². The lowest BCUT2D eigenvalue weighted by molar-refractivity contribution is 0.0922. The molecular weight excluding hydrogens is 448 g/mol. The van der Waals surface area contributed by atoms with Crippen molar-refractivity contribution < 1.29 is 4.79 Å². The summed E-state index contributed by atoms with van der Waals surface area (Å²) in [7, 11) is 0. The minimum Gasteiger partial charge on any atom is -0.345 e. The highest BCUT2D eigenvalue weighted by molar-refractivity contribution is 5.93. The zero-order valence-electron chi connectivity index (χ0n) is 20.2. The quantitative estimate of drug-likeness (QED) is 0.424. The number of allylic oxidation sites excluding steroid dienone is 1. The average Bonchev–Trinajstić information content (AvgIpc) is 3.47. The second-order valence-corrected chi connectivity index (χ2v) is 9.98. The highest BCUT2D eigenvalue weighted by Gasteiger charge is 2.46. The molecule has 0 spiro atoms. The first-order valence-corrected chi connectivity index (χ1v) is 12.4. The molecule has 180 valence electrons. The molecule has 7 heteroatoms. The average molecular weight is 477 g/mol. The van der Waals surface area contributed by atoms with Crippen molar-refractivity contribution in [1.29, 1.82) is 0 Å². The zero-order chi connectivity index (χ0) is 24.5. The van der Waals surface area contributed by atoms with Crippen LogP contribution in [0.1, 0.15) is 59.4 Å². The van der Waals surface area contributed by atoms with Crippen molar-refractivity contribution in [1.82, 2.24) is 30.0 Å². The van der Waals surface area contributed by atoms with Crippen molar-refractivity contribution in [2.75, 3.05) is 0 Å². The van der Waals surface area contributed by atoms with Crippen LogP contribution in [0.3, 0.4) is 0 Å². The molecule has 1 saturated carbocycles. The Morgan fingerprint density at radius 1 is 1.08 bits per heavy atom. The second kappa shape index (κ2) is 9.15. The van der Waals surface area contributed by atoms with E-state index in [1.165, 1.54) is 17.5 Å². The largest absolute Gasteiger partial charge is 0.345 e. The van der Waals surface area contributed by atoms with Gasteiger partial charge in [0.05, 0.1) is 35.4 Å². The maximum atomic E-state index is 13.0. The van der Waals surface area contributed by atoms with Gasteiger partial charge >= 0.3 is 0 Å². The van der Waals surface area contributed by atoms with E-state index >= 15 is 0 Å². The molecule has 0 aliphatic heterocycles. The number of carbonyl (C=O) groups excluding carboxylic acids is 1. The molecule has 0 radical (unpaired) electrons. The van der Waals surface area contributed by atoms with Crippen LogP contribution in [0.2, 0.25) is 0 Å². The van der Waals surface area contributed by atoms with Gasteiger partial charge in [0.2, 0.25) is 0 Å². The number of hydrogen-bond donors (Lipinski definition) is 1. The summed E-state index contributed by atoms with van der Waals surface area (Å²) in [6.45, 7) is 2.38. The van der Waals surface area contributed by atoms with Gasteiger partial charge in [-0.1, -0.05) is 42.8 Å². The molecule has 1 fully saturated rings.